The first-order valence-electron chi connectivity index (χ1n) is 8.23. The van der Waals surface area contributed by atoms with Crippen molar-refractivity contribution in [1.82, 2.24) is 0 Å². The van der Waals surface area contributed by atoms with Crippen molar-refractivity contribution in [2.75, 3.05) is 0 Å². The zero-order valence-electron chi connectivity index (χ0n) is 13.3. The maximum Gasteiger partial charge on any atom is 0.314 e. The fourth-order valence-electron chi connectivity index (χ4n) is 3.06. The van der Waals surface area contributed by atoms with Gasteiger partial charge in [-0.25, -0.2) is 0 Å². The molecule has 1 fully saturated rings. The Morgan fingerprint density at radius 3 is 2.00 bits per heavy atom. The van der Waals surface area contributed by atoms with E-state index in [1.807, 2.05) is 60.7 Å². The molecular weight excluding hydrogens is 296 g/mol. The molecule has 1 aliphatic carbocycles. The third-order valence-corrected chi connectivity index (χ3v) is 4.50. The van der Waals surface area contributed by atoms with Crippen LogP contribution < -0.4 is 4.74 Å². The van der Waals surface area contributed by atoms with Crippen molar-refractivity contribution in [1.29, 1.82) is 0 Å². The lowest BCUT2D eigenvalue weighted by atomic mass is 10.1. The van der Waals surface area contributed by atoms with Crippen LogP contribution in [0.3, 0.4) is 0 Å². The normalized spacial score (nSPS) is 18.8. The van der Waals surface area contributed by atoms with E-state index < -0.39 is 0 Å². The van der Waals surface area contributed by atoms with Crippen LogP contribution in [0.1, 0.15) is 17.9 Å². The van der Waals surface area contributed by atoms with Crippen LogP contribution in [0.25, 0.3) is 11.1 Å². The summed E-state index contributed by atoms with van der Waals surface area (Å²) >= 11 is 0. The second kappa shape index (κ2) is 6.32. The van der Waals surface area contributed by atoms with Crippen LogP contribution in [0.2, 0.25) is 0 Å². The molecule has 0 bridgehead atoms. The topological polar surface area (TPSA) is 26.3 Å². The predicted molar refractivity (Wildman–Crippen MR) is 94.8 cm³/mol. The largest absolute Gasteiger partial charge is 0.426 e. The summed E-state index contributed by atoms with van der Waals surface area (Å²) in [6.45, 7) is 0. The number of hydrogen-bond donors (Lipinski definition) is 0. The third kappa shape index (κ3) is 3.09. The average Bonchev–Trinajstić information content (AvgIpc) is 3.45. The lowest BCUT2D eigenvalue weighted by Crippen LogP contribution is -2.11. The summed E-state index contributed by atoms with van der Waals surface area (Å²) in [6, 6.07) is 28.0. The minimum absolute atomic E-state index is 0.0128. The van der Waals surface area contributed by atoms with E-state index in [0.717, 1.165) is 17.5 Å². The molecule has 0 aliphatic heterocycles. The standard InChI is InChI=1S/C22H18O2/c23-22(21-15-20(21)18-9-5-2-6-10-18)24-19-13-11-17(12-14-19)16-7-3-1-4-8-16/h1-14,20-21H,15H2/t20-,21-/m1/s1. The fraction of sp³-hybridized carbons (Fsp3) is 0.136. The summed E-state index contributed by atoms with van der Waals surface area (Å²) in [5.74, 6) is 0.776. The third-order valence-electron chi connectivity index (χ3n) is 4.50. The predicted octanol–water partition coefficient (Wildman–Crippen LogP) is 5.06. The van der Waals surface area contributed by atoms with Gasteiger partial charge in [-0.15, -0.1) is 0 Å². The van der Waals surface area contributed by atoms with Crippen LogP contribution in [-0.4, -0.2) is 5.97 Å². The van der Waals surface area contributed by atoms with Crippen molar-refractivity contribution >= 4 is 5.97 Å². The Morgan fingerprint density at radius 2 is 1.33 bits per heavy atom. The van der Waals surface area contributed by atoms with Gasteiger partial charge in [0.05, 0.1) is 5.92 Å². The molecule has 24 heavy (non-hydrogen) atoms. The molecule has 0 amide bonds. The molecule has 118 valence electrons. The molecule has 0 saturated heterocycles. The van der Waals surface area contributed by atoms with E-state index in [1.165, 1.54) is 5.56 Å². The molecule has 0 unspecified atom stereocenters. The fourth-order valence-corrected chi connectivity index (χ4v) is 3.06. The van der Waals surface area contributed by atoms with E-state index in [0.29, 0.717) is 11.7 Å². The van der Waals surface area contributed by atoms with Crippen molar-refractivity contribution in [3.05, 3.63) is 90.5 Å². The summed E-state index contributed by atoms with van der Waals surface area (Å²) in [5.41, 5.74) is 3.49. The second-order valence-electron chi connectivity index (χ2n) is 6.17. The van der Waals surface area contributed by atoms with E-state index in [9.17, 15) is 4.79 Å². The summed E-state index contributed by atoms with van der Waals surface area (Å²) in [4.78, 5) is 12.3. The zero-order chi connectivity index (χ0) is 16.4. The Bertz CT molecular complexity index is 823. The van der Waals surface area contributed by atoms with Crippen LogP contribution in [-0.2, 0) is 4.79 Å². The van der Waals surface area contributed by atoms with Gasteiger partial charge in [-0.3, -0.25) is 4.79 Å². The molecule has 2 nitrogen and oxygen atoms in total. The maximum atomic E-state index is 12.3. The quantitative estimate of drug-likeness (QED) is 0.497. The first kappa shape index (κ1) is 14.7. The highest BCUT2D eigenvalue weighted by Crippen LogP contribution is 2.48. The first-order valence-corrected chi connectivity index (χ1v) is 8.23. The highest BCUT2D eigenvalue weighted by atomic mass is 16.5. The van der Waals surface area contributed by atoms with E-state index in [-0.39, 0.29) is 11.9 Å². The summed E-state index contributed by atoms with van der Waals surface area (Å²) in [7, 11) is 0. The summed E-state index contributed by atoms with van der Waals surface area (Å²) in [5, 5.41) is 0. The molecular formula is C22H18O2. The first-order chi connectivity index (χ1) is 11.8. The smallest absolute Gasteiger partial charge is 0.314 e. The summed E-state index contributed by atoms with van der Waals surface area (Å²) < 4.78 is 5.54. The Morgan fingerprint density at radius 1 is 0.750 bits per heavy atom. The minimum atomic E-state index is -0.128. The molecule has 2 atom stereocenters. The van der Waals surface area contributed by atoms with Gasteiger partial charge in [0.2, 0.25) is 0 Å². The average molecular weight is 314 g/mol. The lowest BCUT2D eigenvalue weighted by Gasteiger charge is -2.06. The van der Waals surface area contributed by atoms with E-state index >= 15 is 0 Å². The monoisotopic (exact) mass is 314 g/mol. The Labute approximate surface area is 141 Å². The van der Waals surface area contributed by atoms with Gasteiger partial charge in [0.25, 0.3) is 0 Å². The highest BCUT2D eigenvalue weighted by molar-refractivity contribution is 5.79. The number of carbonyl (C=O) groups is 1. The van der Waals surface area contributed by atoms with Gasteiger partial charge in [-0.1, -0.05) is 72.8 Å². The molecule has 0 aromatic heterocycles. The number of hydrogen-bond acceptors (Lipinski definition) is 2. The molecule has 3 aromatic carbocycles. The van der Waals surface area contributed by atoms with Gasteiger partial charge >= 0.3 is 5.97 Å². The van der Waals surface area contributed by atoms with Crippen LogP contribution in [0.15, 0.2) is 84.9 Å². The Kier molecular flexibility index (Phi) is 3.87. The Balaban J connectivity index is 1.40. The second-order valence-corrected chi connectivity index (χ2v) is 6.17. The molecule has 3 aromatic rings. The molecule has 2 heteroatoms. The van der Waals surface area contributed by atoms with Gasteiger partial charge in [0.15, 0.2) is 0 Å². The van der Waals surface area contributed by atoms with Gasteiger partial charge in [0.1, 0.15) is 5.75 Å². The Hall–Kier alpha value is -2.87. The molecule has 0 heterocycles. The number of rotatable bonds is 4. The van der Waals surface area contributed by atoms with Crippen molar-refractivity contribution in [3.8, 4) is 16.9 Å². The van der Waals surface area contributed by atoms with Crippen molar-refractivity contribution in [2.45, 2.75) is 12.3 Å². The van der Waals surface area contributed by atoms with Crippen molar-refractivity contribution < 1.29 is 9.53 Å². The number of esters is 1. The van der Waals surface area contributed by atoms with Gasteiger partial charge in [-0.05, 0) is 41.2 Å². The molecule has 1 saturated carbocycles. The number of benzene rings is 3. The SMILES string of the molecule is O=C(Oc1ccc(-c2ccccc2)cc1)[C@@H]1C[C@@H]1c1ccccc1. The van der Waals surface area contributed by atoms with E-state index in [2.05, 4.69) is 24.3 Å². The van der Waals surface area contributed by atoms with Crippen molar-refractivity contribution in [2.24, 2.45) is 5.92 Å². The molecule has 0 spiro atoms. The van der Waals surface area contributed by atoms with E-state index in [1.54, 1.807) is 0 Å². The molecule has 1 aliphatic rings. The van der Waals surface area contributed by atoms with Crippen LogP contribution in [0, 0.1) is 5.92 Å². The number of ether oxygens (including phenoxy) is 1. The summed E-state index contributed by atoms with van der Waals surface area (Å²) in [6.07, 6.45) is 0.880. The highest BCUT2D eigenvalue weighted by Gasteiger charge is 2.45. The molecule has 0 N–H and O–H groups in total. The van der Waals surface area contributed by atoms with Crippen LogP contribution >= 0.6 is 0 Å². The van der Waals surface area contributed by atoms with E-state index in [4.69, 9.17) is 4.74 Å². The molecule has 4 rings (SSSR count). The zero-order valence-corrected chi connectivity index (χ0v) is 13.3. The lowest BCUT2D eigenvalue weighted by molar-refractivity contribution is -0.135. The van der Waals surface area contributed by atoms with Crippen LogP contribution in [0.4, 0.5) is 0 Å². The minimum Gasteiger partial charge on any atom is -0.426 e. The molecule has 0 radical (unpaired) electrons. The maximum absolute atomic E-state index is 12.3. The van der Waals surface area contributed by atoms with Crippen molar-refractivity contribution in [3.63, 3.8) is 0 Å². The van der Waals surface area contributed by atoms with Gasteiger partial charge < -0.3 is 4.74 Å². The van der Waals surface area contributed by atoms with Crippen LogP contribution in [0.5, 0.6) is 5.75 Å². The van der Waals surface area contributed by atoms with Gasteiger partial charge in [-0.2, -0.15) is 0 Å². The van der Waals surface area contributed by atoms with Gasteiger partial charge in [0, 0.05) is 0 Å². The number of carbonyl (C=O) groups excluding carboxylic acids is 1.